The summed E-state index contributed by atoms with van der Waals surface area (Å²) in [6, 6.07) is 12.2. The second-order valence-electron chi connectivity index (χ2n) is 6.24. The predicted molar refractivity (Wildman–Crippen MR) is 92.5 cm³/mol. The number of carbonyl (C=O) groups is 1. The molecule has 1 N–H and O–H groups in total. The van der Waals surface area contributed by atoms with Gasteiger partial charge in [-0.2, -0.15) is 0 Å². The van der Waals surface area contributed by atoms with Gasteiger partial charge >= 0.3 is 0 Å². The first-order chi connectivity index (χ1) is 11.2. The van der Waals surface area contributed by atoms with Gasteiger partial charge in [-0.05, 0) is 36.5 Å². The summed E-state index contributed by atoms with van der Waals surface area (Å²) < 4.78 is 0. The molecule has 0 saturated carbocycles. The Bertz CT molecular complexity index is 697. The summed E-state index contributed by atoms with van der Waals surface area (Å²) in [5, 5.41) is 3.10. The monoisotopic (exact) mass is 309 g/mol. The van der Waals surface area contributed by atoms with Gasteiger partial charge < -0.3 is 10.2 Å². The van der Waals surface area contributed by atoms with Crippen molar-refractivity contribution in [2.45, 2.75) is 31.7 Å². The molecule has 1 amide bonds. The van der Waals surface area contributed by atoms with Crippen LogP contribution in [0.5, 0.6) is 0 Å². The van der Waals surface area contributed by atoms with Crippen LogP contribution in [0.25, 0.3) is 0 Å². The molecule has 4 heteroatoms. The Kier molecular flexibility index (Phi) is 4.60. The summed E-state index contributed by atoms with van der Waals surface area (Å²) in [4.78, 5) is 19.0. The van der Waals surface area contributed by atoms with Gasteiger partial charge in [-0.3, -0.25) is 4.79 Å². The number of amides is 1. The third kappa shape index (κ3) is 3.36. The standard InChI is InChI=1S/C19H23N3O/c1-22(2)18-15(9-6-12-20-18)13-21-19(23)17-11-5-8-14-7-3-4-10-16(14)17/h3-4,6-7,9-10,12,17H,5,8,11,13H2,1-2H3,(H,21,23)/t17-/m1/s1. The molecular formula is C19H23N3O. The first kappa shape index (κ1) is 15.5. The van der Waals surface area contributed by atoms with Crippen molar-refractivity contribution in [3.63, 3.8) is 0 Å². The number of hydrogen-bond acceptors (Lipinski definition) is 3. The van der Waals surface area contributed by atoms with Crippen molar-refractivity contribution in [2.24, 2.45) is 0 Å². The van der Waals surface area contributed by atoms with E-state index in [-0.39, 0.29) is 11.8 Å². The van der Waals surface area contributed by atoms with Crippen molar-refractivity contribution >= 4 is 11.7 Å². The Balaban J connectivity index is 1.72. The topological polar surface area (TPSA) is 45.2 Å². The molecule has 1 aliphatic carbocycles. The molecule has 0 bridgehead atoms. The van der Waals surface area contributed by atoms with Crippen molar-refractivity contribution in [1.82, 2.24) is 10.3 Å². The maximum atomic E-state index is 12.7. The number of pyridine rings is 1. The van der Waals surface area contributed by atoms with Crippen LogP contribution in [-0.4, -0.2) is 25.0 Å². The number of fused-ring (bicyclic) bond motifs is 1. The minimum absolute atomic E-state index is 0.0283. The minimum Gasteiger partial charge on any atom is -0.362 e. The molecule has 1 atom stereocenters. The molecule has 0 unspecified atom stereocenters. The Labute approximate surface area is 137 Å². The zero-order valence-corrected chi connectivity index (χ0v) is 13.7. The molecule has 0 aliphatic heterocycles. The summed E-state index contributed by atoms with van der Waals surface area (Å²) in [7, 11) is 3.93. The van der Waals surface area contributed by atoms with Crippen molar-refractivity contribution in [2.75, 3.05) is 19.0 Å². The zero-order chi connectivity index (χ0) is 16.2. The summed E-state index contributed by atoms with van der Waals surface area (Å²) in [5.41, 5.74) is 3.54. The summed E-state index contributed by atoms with van der Waals surface area (Å²) in [6.07, 6.45) is 4.85. The first-order valence-corrected chi connectivity index (χ1v) is 8.13. The van der Waals surface area contributed by atoms with Crippen LogP contribution in [0, 0.1) is 0 Å². The number of carbonyl (C=O) groups excluding carboxylic acids is 1. The number of benzene rings is 1. The number of aromatic nitrogens is 1. The average molecular weight is 309 g/mol. The van der Waals surface area contributed by atoms with Gasteiger partial charge in [-0.25, -0.2) is 4.98 Å². The highest BCUT2D eigenvalue weighted by molar-refractivity contribution is 5.84. The minimum atomic E-state index is -0.0283. The van der Waals surface area contributed by atoms with E-state index in [9.17, 15) is 4.79 Å². The van der Waals surface area contributed by atoms with E-state index in [0.29, 0.717) is 6.54 Å². The van der Waals surface area contributed by atoms with Crippen LogP contribution < -0.4 is 10.2 Å². The van der Waals surface area contributed by atoms with E-state index in [1.165, 1.54) is 11.1 Å². The third-order valence-corrected chi connectivity index (χ3v) is 4.43. The van der Waals surface area contributed by atoms with E-state index in [1.807, 2.05) is 37.2 Å². The summed E-state index contributed by atoms with van der Waals surface area (Å²) >= 11 is 0. The van der Waals surface area contributed by atoms with Gasteiger partial charge in [0.2, 0.25) is 5.91 Å². The van der Waals surface area contributed by atoms with E-state index in [2.05, 4.69) is 28.5 Å². The van der Waals surface area contributed by atoms with Crippen molar-refractivity contribution in [3.8, 4) is 0 Å². The van der Waals surface area contributed by atoms with Crippen LogP contribution in [0.2, 0.25) is 0 Å². The van der Waals surface area contributed by atoms with Crippen LogP contribution in [0.4, 0.5) is 5.82 Å². The predicted octanol–water partition coefficient (Wildman–Crippen LogP) is 2.88. The number of rotatable bonds is 4. The van der Waals surface area contributed by atoms with E-state index < -0.39 is 0 Å². The van der Waals surface area contributed by atoms with Crippen LogP contribution in [0.1, 0.15) is 35.4 Å². The molecule has 1 heterocycles. The maximum absolute atomic E-state index is 12.7. The van der Waals surface area contributed by atoms with Crippen LogP contribution in [-0.2, 0) is 17.8 Å². The molecule has 2 aromatic rings. The molecule has 23 heavy (non-hydrogen) atoms. The Hall–Kier alpha value is -2.36. The van der Waals surface area contributed by atoms with Crippen molar-refractivity contribution < 1.29 is 4.79 Å². The molecule has 0 fully saturated rings. The van der Waals surface area contributed by atoms with Crippen molar-refractivity contribution in [1.29, 1.82) is 0 Å². The lowest BCUT2D eigenvalue weighted by atomic mass is 9.82. The second-order valence-corrected chi connectivity index (χ2v) is 6.24. The second kappa shape index (κ2) is 6.82. The van der Waals surface area contributed by atoms with Crippen LogP contribution >= 0.6 is 0 Å². The lowest BCUT2D eigenvalue weighted by Gasteiger charge is -2.25. The van der Waals surface area contributed by atoms with Gasteiger partial charge in [0, 0.05) is 32.4 Å². The fourth-order valence-corrected chi connectivity index (χ4v) is 3.30. The Morgan fingerprint density at radius 3 is 2.91 bits per heavy atom. The SMILES string of the molecule is CN(C)c1ncccc1CNC(=O)[C@@H]1CCCc2ccccc21. The highest BCUT2D eigenvalue weighted by Gasteiger charge is 2.26. The number of nitrogens with zero attached hydrogens (tertiary/aromatic N) is 2. The van der Waals surface area contributed by atoms with E-state index >= 15 is 0 Å². The summed E-state index contributed by atoms with van der Waals surface area (Å²) in [6.45, 7) is 0.513. The normalized spacial score (nSPS) is 16.5. The average Bonchev–Trinajstić information content (AvgIpc) is 2.59. The lowest BCUT2D eigenvalue weighted by molar-refractivity contribution is -0.123. The van der Waals surface area contributed by atoms with Gasteiger partial charge in [0.1, 0.15) is 5.82 Å². The van der Waals surface area contributed by atoms with E-state index in [1.54, 1.807) is 6.20 Å². The highest BCUT2D eigenvalue weighted by atomic mass is 16.1. The quantitative estimate of drug-likeness (QED) is 0.944. The van der Waals surface area contributed by atoms with E-state index in [0.717, 1.165) is 30.6 Å². The number of aryl methyl sites for hydroxylation is 1. The number of hydrogen-bond donors (Lipinski definition) is 1. The van der Waals surface area contributed by atoms with Gasteiger partial charge in [-0.1, -0.05) is 30.3 Å². The fourth-order valence-electron chi connectivity index (χ4n) is 3.30. The smallest absolute Gasteiger partial charge is 0.227 e. The molecule has 0 radical (unpaired) electrons. The molecule has 1 aromatic carbocycles. The van der Waals surface area contributed by atoms with Crippen LogP contribution in [0.3, 0.4) is 0 Å². The summed E-state index contributed by atoms with van der Waals surface area (Å²) in [5.74, 6) is 0.988. The third-order valence-electron chi connectivity index (χ3n) is 4.43. The van der Waals surface area contributed by atoms with Gasteiger partial charge in [0.25, 0.3) is 0 Å². The fraction of sp³-hybridized carbons (Fsp3) is 0.368. The lowest BCUT2D eigenvalue weighted by Crippen LogP contribution is -2.31. The molecule has 120 valence electrons. The Morgan fingerprint density at radius 1 is 1.26 bits per heavy atom. The van der Waals surface area contributed by atoms with Crippen molar-refractivity contribution in [3.05, 3.63) is 59.3 Å². The van der Waals surface area contributed by atoms with Gasteiger partial charge in [-0.15, -0.1) is 0 Å². The number of anilines is 1. The molecular weight excluding hydrogens is 286 g/mol. The molecule has 0 saturated heterocycles. The Morgan fingerprint density at radius 2 is 2.09 bits per heavy atom. The maximum Gasteiger partial charge on any atom is 0.227 e. The first-order valence-electron chi connectivity index (χ1n) is 8.13. The van der Waals surface area contributed by atoms with E-state index in [4.69, 9.17) is 0 Å². The molecule has 0 spiro atoms. The molecule has 1 aliphatic rings. The molecule has 1 aromatic heterocycles. The largest absolute Gasteiger partial charge is 0.362 e. The van der Waals surface area contributed by atoms with Crippen LogP contribution in [0.15, 0.2) is 42.6 Å². The highest BCUT2D eigenvalue weighted by Crippen LogP contribution is 2.31. The molecule has 4 nitrogen and oxygen atoms in total. The molecule has 3 rings (SSSR count). The van der Waals surface area contributed by atoms with Gasteiger partial charge in [0.05, 0.1) is 5.92 Å². The number of nitrogens with one attached hydrogen (secondary N) is 1. The van der Waals surface area contributed by atoms with Gasteiger partial charge in [0.15, 0.2) is 0 Å². The zero-order valence-electron chi connectivity index (χ0n) is 13.7.